The largest absolute Gasteiger partial charge is 0.493 e. The van der Waals surface area contributed by atoms with Gasteiger partial charge in [-0.2, -0.15) is 0 Å². The predicted molar refractivity (Wildman–Crippen MR) is 70.7 cm³/mol. The normalized spacial score (nSPS) is 13.5. The molecule has 1 aromatic rings. The van der Waals surface area contributed by atoms with Crippen LogP contribution in [0.2, 0.25) is 0 Å². The second kappa shape index (κ2) is 6.36. The van der Waals surface area contributed by atoms with Crippen molar-refractivity contribution >= 4 is 11.8 Å². The summed E-state index contributed by atoms with van der Waals surface area (Å²) in [6.45, 7) is 0.746. The maximum absolute atomic E-state index is 12.0. The first-order chi connectivity index (χ1) is 9.16. The number of aryl methyl sites for hydroxylation is 1. The summed E-state index contributed by atoms with van der Waals surface area (Å²) in [6, 6.07) is 5.57. The maximum atomic E-state index is 12.0. The smallest absolute Gasteiger partial charge is 0.303 e. The highest BCUT2D eigenvalue weighted by atomic mass is 16.5. The second-order valence-corrected chi connectivity index (χ2v) is 4.80. The number of carboxylic acid groups (broad SMARTS) is 1. The van der Waals surface area contributed by atoms with Gasteiger partial charge in [-0.25, -0.2) is 0 Å². The lowest BCUT2D eigenvalue weighted by Crippen LogP contribution is -2.09. The Bertz CT molecular complexity index is 479. The van der Waals surface area contributed by atoms with Gasteiger partial charge in [-0.3, -0.25) is 9.59 Å². The van der Waals surface area contributed by atoms with Crippen LogP contribution >= 0.6 is 0 Å². The monoisotopic (exact) mass is 262 g/mol. The fourth-order valence-electron chi connectivity index (χ4n) is 2.24. The van der Waals surface area contributed by atoms with E-state index in [0.717, 1.165) is 30.8 Å². The SMILES string of the molecule is O=C(O)CCCCC(=O)c1ccc2c(c1)CCCO2. The van der Waals surface area contributed by atoms with Gasteiger partial charge in [0.05, 0.1) is 6.61 Å². The fraction of sp³-hybridized carbons (Fsp3) is 0.467. The van der Waals surface area contributed by atoms with Gasteiger partial charge in [0.25, 0.3) is 0 Å². The van der Waals surface area contributed by atoms with E-state index in [2.05, 4.69) is 0 Å². The van der Waals surface area contributed by atoms with E-state index < -0.39 is 5.97 Å². The van der Waals surface area contributed by atoms with E-state index in [0.29, 0.717) is 24.8 Å². The number of carboxylic acids is 1. The first-order valence-corrected chi connectivity index (χ1v) is 6.67. The Morgan fingerprint density at radius 1 is 1.21 bits per heavy atom. The summed E-state index contributed by atoms with van der Waals surface area (Å²) < 4.78 is 5.51. The van der Waals surface area contributed by atoms with Crippen molar-refractivity contribution < 1.29 is 19.4 Å². The molecule has 0 aromatic heterocycles. The summed E-state index contributed by atoms with van der Waals surface area (Å²) in [4.78, 5) is 22.4. The number of carbonyl (C=O) groups excluding carboxylic acids is 1. The highest BCUT2D eigenvalue weighted by molar-refractivity contribution is 5.96. The number of hydrogen-bond acceptors (Lipinski definition) is 3. The second-order valence-electron chi connectivity index (χ2n) is 4.80. The van der Waals surface area contributed by atoms with Crippen LogP contribution in [0.3, 0.4) is 0 Å². The van der Waals surface area contributed by atoms with E-state index in [4.69, 9.17) is 9.84 Å². The number of Topliss-reactive ketones (excluding diaryl/α,β-unsaturated/α-hetero) is 1. The van der Waals surface area contributed by atoms with Gasteiger partial charge in [-0.05, 0) is 49.4 Å². The van der Waals surface area contributed by atoms with Crippen LogP contribution in [0.25, 0.3) is 0 Å². The summed E-state index contributed by atoms with van der Waals surface area (Å²) >= 11 is 0. The van der Waals surface area contributed by atoms with Crippen LogP contribution in [0.1, 0.15) is 48.0 Å². The zero-order chi connectivity index (χ0) is 13.7. The van der Waals surface area contributed by atoms with Gasteiger partial charge in [0, 0.05) is 18.4 Å². The number of ketones is 1. The molecule has 1 aliphatic heterocycles. The Kier molecular flexibility index (Phi) is 4.55. The Morgan fingerprint density at radius 3 is 2.79 bits per heavy atom. The molecule has 0 saturated carbocycles. The van der Waals surface area contributed by atoms with Crippen LogP contribution in [-0.4, -0.2) is 23.5 Å². The lowest BCUT2D eigenvalue weighted by Gasteiger charge is -2.17. The van der Waals surface area contributed by atoms with E-state index in [9.17, 15) is 9.59 Å². The van der Waals surface area contributed by atoms with Crippen molar-refractivity contribution in [3.8, 4) is 5.75 Å². The van der Waals surface area contributed by atoms with E-state index in [-0.39, 0.29) is 12.2 Å². The van der Waals surface area contributed by atoms with Gasteiger partial charge >= 0.3 is 5.97 Å². The minimum Gasteiger partial charge on any atom is -0.493 e. The number of ether oxygens (including phenoxy) is 1. The lowest BCUT2D eigenvalue weighted by atomic mass is 9.99. The van der Waals surface area contributed by atoms with Crippen molar-refractivity contribution in [3.05, 3.63) is 29.3 Å². The number of fused-ring (bicyclic) bond motifs is 1. The molecule has 0 atom stereocenters. The zero-order valence-electron chi connectivity index (χ0n) is 10.9. The molecule has 0 amide bonds. The lowest BCUT2D eigenvalue weighted by molar-refractivity contribution is -0.137. The molecule has 0 spiro atoms. The molecule has 0 fully saturated rings. The van der Waals surface area contributed by atoms with Crippen LogP contribution in [0.4, 0.5) is 0 Å². The van der Waals surface area contributed by atoms with Crippen LogP contribution in [-0.2, 0) is 11.2 Å². The summed E-state index contributed by atoms with van der Waals surface area (Å²) in [6.07, 6.45) is 3.66. The molecule has 0 bridgehead atoms. The maximum Gasteiger partial charge on any atom is 0.303 e. The number of aliphatic carboxylic acids is 1. The fourth-order valence-corrected chi connectivity index (χ4v) is 2.24. The Labute approximate surface area is 112 Å². The molecule has 1 aliphatic rings. The summed E-state index contributed by atoms with van der Waals surface area (Å²) in [5.41, 5.74) is 1.81. The van der Waals surface area contributed by atoms with Gasteiger partial charge in [-0.15, -0.1) is 0 Å². The number of unbranched alkanes of at least 4 members (excludes halogenated alkanes) is 1. The van der Waals surface area contributed by atoms with Gasteiger partial charge in [-0.1, -0.05) is 0 Å². The van der Waals surface area contributed by atoms with Gasteiger partial charge in [0.2, 0.25) is 0 Å². The third kappa shape index (κ3) is 3.81. The number of hydrogen-bond donors (Lipinski definition) is 1. The molecule has 102 valence electrons. The van der Waals surface area contributed by atoms with E-state index in [1.165, 1.54) is 0 Å². The van der Waals surface area contributed by atoms with Crippen molar-refractivity contribution in [2.24, 2.45) is 0 Å². The van der Waals surface area contributed by atoms with Crippen LogP contribution < -0.4 is 4.74 Å². The Balaban J connectivity index is 1.90. The van der Waals surface area contributed by atoms with E-state index >= 15 is 0 Å². The van der Waals surface area contributed by atoms with E-state index in [1.54, 1.807) is 6.07 Å². The molecular formula is C15H18O4. The molecule has 1 aromatic carbocycles. The highest BCUT2D eigenvalue weighted by Gasteiger charge is 2.13. The number of benzene rings is 1. The average molecular weight is 262 g/mol. The van der Waals surface area contributed by atoms with E-state index in [1.807, 2.05) is 12.1 Å². The standard InChI is InChI=1S/C15H18O4/c16-13(5-1-2-6-15(17)18)11-7-8-14-12(10-11)4-3-9-19-14/h7-8,10H,1-6,9H2,(H,17,18). The van der Waals surface area contributed by atoms with Crippen LogP contribution in [0.15, 0.2) is 18.2 Å². The minimum atomic E-state index is -0.807. The Hall–Kier alpha value is -1.84. The van der Waals surface area contributed by atoms with Gasteiger partial charge in [0.15, 0.2) is 5.78 Å². The topological polar surface area (TPSA) is 63.6 Å². The van der Waals surface area contributed by atoms with Crippen molar-refractivity contribution in [3.63, 3.8) is 0 Å². The molecule has 1 heterocycles. The molecule has 4 nitrogen and oxygen atoms in total. The van der Waals surface area contributed by atoms with Gasteiger partial charge in [0.1, 0.15) is 5.75 Å². The first-order valence-electron chi connectivity index (χ1n) is 6.67. The Morgan fingerprint density at radius 2 is 2.00 bits per heavy atom. The quantitative estimate of drug-likeness (QED) is 0.632. The number of rotatable bonds is 6. The zero-order valence-corrected chi connectivity index (χ0v) is 10.9. The highest BCUT2D eigenvalue weighted by Crippen LogP contribution is 2.26. The first kappa shape index (κ1) is 13.6. The number of carbonyl (C=O) groups is 2. The summed E-state index contributed by atoms with van der Waals surface area (Å²) in [7, 11) is 0. The molecule has 0 unspecified atom stereocenters. The van der Waals surface area contributed by atoms with Crippen LogP contribution in [0, 0.1) is 0 Å². The molecular weight excluding hydrogens is 244 g/mol. The molecule has 0 radical (unpaired) electrons. The molecule has 0 aliphatic carbocycles. The molecule has 0 saturated heterocycles. The third-order valence-electron chi connectivity index (χ3n) is 3.27. The van der Waals surface area contributed by atoms with Crippen molar-refractivity contribution in [1.82, 2.24) is 0 Å². The van der Waals surface area contributed by atoms with Crippen molar-refractivity contribution in [2.75, 3.05) is 6.61 Å². The molecule has 4 heteroatoms. The predicted octanol–water partition coefficient (Wildman–Crippen LogP) is 2.84. The minimum absolute atomic E-state index is 0.0822. The summed E-state index contributed by atoms with van der Waals surface area (Å²) in [5.74, 6) is 0.158. The third-order valence-corrected chi connectivity index (χ3v) is 3.27. The molecule has 1 N–H and O–H groups in total. The average Bonchev–Trinajstić information content (AvgIpc) is 2.42. The van der Waals surface area contributed by atoms with Crippen molar-refractivity contribution in [2.45, 2.75) is 38.5 Å². The van der Waals surface area contributed by atoms with Gasteiger partial charge < -0.3 is 9.84 Å². The van der Waals surface area contributed by atoms with Crippen molar-refractivity contribution in [1.29, 1.82) is 0 Å². The molecule has 19 heavy (non-hydrogen) atoms. The molecule has 2 rings (SSSR count). The summed E-state index contributed by atoms with van der Waals surface area (Å²) in [5, 5.41) is 8.53. The van der Waals surface area contributed by atoms with Crippen LogP contribution in [0.5, 0.6) is 5.75 Å².